The summed E-state index contributed by atoms with van der Waals surface area (Å²) in [7, 11) is 1.28. The van der Waals surface area contributed by atoms with Gasteiger partial charge in [0, 0.05) is 17.4 Å². The summed E-state index contributed by atoms with van der Waals surface area (Å²) in [6.07, 6.45) is 0. The van der Waals surface area contributed by atoms with Crippen molar-refractivity contribution >= 4 is 22.7 Å². The van der Waals surface area contributed by atoms with E-state index in [2.05, 4.69) is 5.32 Å². The monoisotopic (exact) mass is 277 g/mol. The molecule has 0 spiro atoms. The molecule has 0 radical (unpaired) electrons. The lowest BCUT2D eigenvalue weighted by molar-refractivity contribution is -0.385. The Morgan fingerprint density at radius 1 is 1.30 bits per heavy atom. The molecule has 3 N–H and O–H groups in total. The molecule has 0 aliphatic carbocycles. The number of methoxy groups -OCH3 is 1. The Morgan fingerprint density at radius 3 is 2.50 bits per heavy atom. The van der Waals surface area contributed by atoms with Crippen LogP contribution in [0, 0.1) is 15.9 Å². The fourth-order valence-electron chi connectivity index (χ4n) is 1.67. The molecule has 0 unspecified atom stereocenters. The first-order valence-electron chi connectivity index (χ1n) is 5.65. The van der Waals surface area contributed by atoms with Crippen molar-refractivity contribution in [3.8, 4) is 5.75 Å². The fourth-order valence-corrected chi connectivity index (χ4v) is 1.67. The predicted molar refractivity (Wildman–Crippen MR) is 73.7 cm³/mol. The zero-order valence-electron chi connectivity index (χ0n) is 10.6. The van der Waals surface area contributed by atoms with Gasteiger partial charge in [0.05, 0.1) is 23.8 Å². The fraction of sp³-hybridized carbons (Fsp3) is 0.0769. The molecule has 0 fully saturated rings. The highest BCUT2D eigenvalue weighted by Crippen LogP contribution is 2.33. The van der Waals surface area contributed by atoms with Crippen molar-refractivity contribution in [2.45, 2.75) is 0 Å². The average molecular weight is 277 g/mol. The van der Waals surface area contributed by atoms with Crippen LogP contribution in [0.2, 0.25) is 0 Å². The van der Waals surface area contributed by atoms with Crippen LogP contribution in [-0.4, -0.2) is 12.0 Å². The molecule has 0 aromatic heterocycles. The van der Waals surface area contributed by atoms with E-state index in [4.69, 9.17) is 10.5 Å². The van der Waals surface area contributed by atoms with Crippen molar-refractivity contribution in [2.75, 3.05) is 18.2 Å². The average Bonchev–Trinajstić information content (AvgIpc) is 2.42. The van der Waals surface area contributed by atoms with Gasteiger partial charge in [-0.25, -0.2) is 4.39 Å². The molecule has 2 rings (SSSR count). The molecule has 0 amide bonds. The van der Waals surface area contributed by atoms with Crippen LogP contribution in [0.5, 0.6) is 5.75 Å². The summed E-state index contributed by atoms with van der Waals surface area (Å²) in [5.74, 6) is -0.760. The molecule has 20 heavy (non-hydrogen) atoms. The second-order valence-electron chi connectivity index (χ2n) is 4.01. The summed E-state index contributed by atoms with van der Waals surface area (Å²) < 4.78 is 18.7. The number of nitrogens with zero attached hydrogens (tertiary/aromatic N) is 1. The first-order valence-corrected chi connectivity index (χ1v) is 5.65. The zero-order valence-corrected chi connectivity index (χ0v) is 10.6. The summed E-state index contributed by atoms with van der Waals surface area (Å²) in [5.41, 5.74) is 6.40. The molecule has 0 aliphatic rings. The summed E-state index contributed by atoms with van der Waals surface area (Å²) in [6, 6.07) is 8.71. The smallest absolute Gasteiger partial charge is 0.313 e. The van der Waals surface area contributed by atoms with Crippen LogP contribution in [0.25, 0.3) is 0 Å². The van der Waals surface area contributed by atoms with Gasteiger partial charge >= 0.3 is 5.69 Å². The maximum absolute atomic E-state index is 13.8. The predicted octanol–water partition coefficient (Wildman–Crippen LogP) is 3.07. The Balaban J connectivity index is 2.37. The van der Waals surface area contributed by atoms with Crippen LogP contribution in [0.1, 0.15) is 0 Å². The van der Waals surface area contributed by atoms with E-state index >= 15 is 0 Å². The van der Waals surface area contributed by atoms with Gasteiger partial charge in [0.15, 0.2) is 11.6 Å². The molecule has 0 heterocycles. The number of nitrogens with one attached hydrogen (secondary N) is 1. The van der Waals surface area contributed by atoms with Gasteiger partial charge in [0.1, 0.15) is 0 Å². The second-order valence-corrected chi connectivity index (χ2v) is 4.01. The highest BCUT2D eigenvalue weighted by Gasteiger charge is 2.19. The minimum atomic E-state index is -0.741. The van der Waals surface area contributed by atoms with Crippen LogP contribution in [0.15, 0.2) is 36.4 Å². The van der Waals surface area contributed by atoms with E-state index in [9.17, 15) is 14.5 Å². The number of rotatable bonds is 4. The van der Waals surface area contributed by atoms with Crippen LogP contribution < -0.4 is 15.8 Å². The van der Waals surface area contributed by atoms with Crippen LogP contribution in [0.3, 0.4) is 0 Å². The van der Waals surface area contributed by atoms with Crippen molar-refractivity contribution in [3.05, 3.63) is 52.3 Å². The van der Waals surface area contributed by atoms with E-state index in [0.717, 1.165) is 6.07 Å². The molecule has 6 nitrogen and oxygen atoms in total. The second kappa shape index (κ2) is 5.43. The molecule has 2 aromatic carbocycles. The number of hydrogen-bond acceptors (Lipinski definition) is 5. The van der Waals surface area contributed by atoms with Crippen molar-refractivity contribution in [1.29, 1.82) is 0 Å². The van der Waals surface area contributed by atoms with E-state index in [0.29, 0.717) is 11.4 Å². The summed E-state index contributed by atoms with van der Waals surface area (Å²) in [5, 5.41) is 13.6. The van der Waals surface area contributed by atoms with Crippen LogP contribution >= 0.6 is 0 Å². The van der Waals surface area contributed by atoms with E-state index < -0.39 is 16.4 Å². The topological polar surface area (TPSA) is 90.4 Å². The number of nitrogen functional groups attached to an aromatic ring is 1. The van der Waals surface area contributed by atoms with E-state index in [1.165, 1.54) is 13.2 Å². The molecule has 0 bridgehead atoms. The van der Waals surface area contributed by atoms with Gasteiger partial charge in [0.2, 0.25) is 0 Å². The third kappa shape index (κ3) is 2.77. The molecule has 0 atom stereocenters. The molecule has 0 saturated carbocycles. The third-order valence-corrected chi connectivity index (χ3v) is 2.65. The Kier molecular flexibility index (Phi) is 3.69. The van der Waals surface area contributed by atoms with Gasteiger partial charge in [-0.1, -0.05) is 0 Å². The SMILES string of the molecule is COc1cc(Nc2ccc(N)cc2)c(F)cc1[N+](=O)[O-]. The van der Waals surface area contributed by atoms with Crippen molar-refractivity contribution in [3.63, 3.8) is 0 Å². The molecule has 2 aromatic rings. The van der Waals surface area contributed by atoms with Crippen molar-refractivity contribution < 1.29 is 14.1 Å². The largest absolute Gasteiger partial charge is 0.490 e. The number of nitro benzene ring substituents is 1. The number of anilines is 3. The number of benzene rings is 2. The summed E-state index contributed by atoms with van der Waals surface area (Å²) in [4.78, 5) is 10.1. The van der Waals surface area contributed by atoms with Gasteiger partial charge in [-0.05, 0) is 24.3 Å². The number of halogens is 1. The zero-order chi connectivity index (χ0) is 14.7. The van der Waals surface area contributed by atoms with Gasteiger partial charge < -0.3 is 15.8 Å². The highest BCUT2D eigenvalue weighted by molar-refractivity contribution is 5.66. The van der Waals surface area contributed by atoms with Gasteiger partial charge in [-0.3, -0.25) is 10.1 Å². The van der Waals surface area contributed by atoms with Crippen LogP contribution in [0.4, 0.5) is 27.1 Å². The van der Waals surface area contributed by atoms with E-state index in [1.54, 1.807) is 24.3 Å². The Morgan fingerprint density at radius 2 is 1.95 bits per heavy atom. The Bertz CT molecular complexity index is 644. The first-order chi connectivity index (χ1) is 9.51. The lowest BCUT2D eigenvalue weighted by Crippen LogP contribution is -1.99. The van der Waals surface area contributed by atoms with Crippen molar-refractivity contribution in [1.82, 2.24) is 0 Å². The molecule has 7 heteroatoms. The Hall–Kier alpha value is -2.83. The molecule has 104 valence electrons. The lowest BCUT2D eigenvalue weighted by Gasteiger charge is -2.10. The molecule has 0 aliphatic heterocycles. The third-order valence-electron chi connectivity index (χ3n) is 2.65. The summed E-state index contributed by atoms with van der Waals surface area (Å²) >= 11 is 0. The molecular formula is C13H12FN3O3. The van der Waals surface area contributed by atoms with Gasteiger partial charge in [-0.15, -0.1) is 0 Å². The Labute approximate surface area is 114 Å². The van der Waals surface area contributed by atoms with E-state index in [-0.39, 0.29) is 11.4 Å². The van der Waals surface area contributed by atoms with E-state index in [1.807, 2.05) is 0 Å². The first kappa shape index (κ1) is 13.6. The molecular weight excluding hydrogens is 265 g/mol. The quantitative estimate of drug-likeness (QED) is 0.509. The lowest BCUT2D eigenvalue weighted by atomic mass is 10.2. The van der Waals surface area contributed by atoms with Crippen molar-refractivity contribution in [2.24, 2.45) is 0 Å². The standard InChI is InChI=1S/C13H12FN3O3/c1-20-13-7-11(10(14)6-12(13)17(18)19)16-9-4-2-8(15)3-5-9/h2-7,16H,15H2,1H3. The minimum absolute atomic E-state index is 0.0191. The van der Waals surface area contributed by atoms with Gasteiger partial charge in [0.25, 0.3) is 0 Å². The normalized spacial score (nSPS) is 10.1. The van der Waals surface area contributed by atoms with Gasteiger partial charge in [-0.2, -0.15) is 0 Å². The minimum Gasteiger partial charge on any atom is -0.490 e. The number of nitro groups is 1. The highest BCUT2D eigenvalue weighted by atomic mass is 19.1. The van der Waals surface area contributed by atoms with Crippen LogP contribution in [-0.2, 0) is 0 Å². The molecule has 0 saturated heterocycles. The number of hydrogen-bond donors (Lipinski definition) is 2. The maximum Gasteiger partial charge on any atom is 0.313 e. The summed E-state index contributed by atoms with van der Waals surface area (Å²) in [6.45, 7) is 0. The number of ether oxygens (including phenoxy) is 1. The number of nitrogens with two attached hydrogens (primary N) is 1. The maximum atomic E-state index is 13.8.